The molecule has 0 saturated heterocycles. The maximum absolute atomic E-state index is 11.7. The van der Waals surface area contributed by atoms with Crippen molar-refractivity contribution >= 4 is 6.09 Å². The molecule has 1 fully saturated rings. The summed E-state index contributed by atoms with van der Waals surface area (Å²) >= 11 is 0. The molecule has 16 heavy (non-hydrogen) atoms. The molecule has 4 heteroatoms. The van der Waals surface area contributed by atoms with Crippen LogP contribution in [0, 0.1) is 5.92 Å². The number of carbonyl (C=O) groups excluding carboxylic acids is 1. The van der Waals surface area contributed by atoms with Crippen molar-refractivity contribution in [2.24, 2.45) is 11.7 Å². The van der Waals surface area contributed by atoms with E-state index in [0.717, 1.165) is 31.6 Å². The van der Waals surface area contributed by atoms with Crippen molar-refractivity contribution in [2.45, 2.75) is 45.1 Å². The number of nitrogens with two attached hydrogens (primary N) is 1. The lowest BCUT2D eigenvalue weighted by molar-refractivity contribution is 0.0392. The van der Waals surface area contributed by atoms with Gasteiger partial charge in [0.05, 0.1) is 12.6 Å². The van der Waals surface area contributed by atoms with Crippen molar-refractivity contribution in [3.05, 3.63) is 0 Å². The monoisotopic (exact) mass is 228 g/mol. The lowest BCUT2D eigenvalue weighted by Gasteiger charge is -2.46. The molecule has 4 nitrogen and oxygen atoms in total. The van der Waals surface area contributed by atoms with Gasteiger partial charge in [0.2, 0.25) is 0 Å². The molecule has 0 unspecified atom stereocenters. The predicted octanol–water partition coefficient (Wildman–Crippen LogP) is 1.98. The van der Waals surface area contributed by atoms with Crippen LogP contribution in [0.25, 0.3) is 0 Å². The van der Waals surface area contributed by atoms with Gasteiger partial charge in [-0.25, -0.2) is 4.79 Å². The number of hydrogen-bond acceptors (Lipinski definition) is 3. The SMILES string of the molecule is CCN(C(=O)OC)C1(CN)CCC(C)CC1. The Labute approximate surface area is 98.1 Å². The topological polar surface area (TPSA) is 55.6 Å². The van der Waals surface area contributed by atoms with Crippen LogP contribution in [-0.2, 0) is 4.74 Å². The molecule has 94 valence electrons. The van der Waals surface area contributed by atoms with E-state index in [4.69, 9.17) is 10.5 Å². The van der Waals surface area contributed by atoms with Crippen LogP contribution in [0.15, 0.2) is 0 Å². The Kier molecular flexibility index (Phi) is 4.59. The third kappa shape index (κ3) is 2.48. The normalized spacial score (nSPS) is 29.9. The van der Waals surface area contributed by atoms with E-state index >= 15 is 0 Å². The van der Waals surface area contributed by atoms with Gasteiger partial charge < -0.3 is 15.4 Å². The number of amides is 1. The lowest BCUT2D eigenvalue weighted by Crippen LogP contribution is -2.57. The smallest absolute Gasteiger partial charge is 0.409 e. The highest BCUT2D eigenvalue weighted by Gasteiger charge is 2.40. The summed E-state index contributed by atoms with van der Waals surface area (Å²) in [7, 11) is 1.43. The molecule has 0 radical (unpaired) electrons. The Morgan fingerprint density at radius 2 is 2.06 bits per heavy atom. The summed E-state index contributed by atoms with van der Waals surface area (Å²) < 4.78 is 4.84. The van der Waals surface area contributed by atoms with Crippen molar-refractivity contribution in [3.8, 4) is 0 Å². The van der Waals surface area contributed by atoms with Gasteiger partial charge in [-0.05, 0) is 38.5 Å². The maximum atomic E-state index is 11.7. The van der Waals surface area contributed by atoms with Crippen LogP contribution in [-0.4, -0.2) is 36.7 Å². The molecule has 1 amide bonds. The first-order chi connectivity index (χ1) is 7.59. The fraction of sp³-hybridized carbons (Fsp3) is 0.917. The molecule has 0 atom stereocenters. The van der Waals surface area contributed by atoms with Crippen molar-refractivity contribution in [1.82, 2.24) is 4.90 Å². The average Bonchev–Trinajstić information content (AvgIpc) is 2.32. The Morgan fingerprint density at radius 1 is 1.50 bits per heavy atom. The second-order valence-corrected chi connectivity index (χ2v) is 4.83. The summed E-state index contributed by atoms with van der Waals surface area (Å²) in [6.07, 6.45) is 4.03. The Hall–Kier alpha value is -0.770. The number of carbonyl (C=O) groups is 1. The van der Waals surface area contributed by atoms with Gasteiger partial charge in [0.25, 0.3) is 0 Å². The fourth-order valence-electron chi connectivity index (χ4n) is 2.65. The molecular weight excluding hydrogens is 204 g/mol. The van der Waals surface area contributed by atoms with Crippen LogP contribution >= 0.6 is 0 Å². The van der Waals surface area contributed by atoms with Gasteiger partial charge in [0.15, 0.2) is 0 Å². The zero-order valence-electron chi connectivity index (χ0n) is 10.7. The zero-order chi connectivity index (χ0) is 12.2. The van der Waals surface area contributed by atoms with E-state index in [2.05, 4.69) is 6.92 Å². The van der Waals surface area contributed by atoms with Crippen LogP contribution in [0.1, 0.15) is 39.5 Å². The summed E-state index contributed by atoms with van der Waals surface area (Å²) in [6, 6.07) is 0. The Balaban J connectivity index is 2.81. The number of ether oxygens (including phenoxy) is 1. The molecular formula is C12H24N2O2. The van der Waals surface area contributed by atoms with Crippen LogP contribution in [0.2, 0.25) is 0 Å². The van der Waals surface area contributed by atoms with Gasteiger partial charge in [0, 0.05) is 13.1 Å². The molecule has 1 aliphatic carbocycles. The van der Waals surface area contributed by atoms with E-state index in [0.29, 0.717) is 13.1 Å². The number of hydrogen-bond donors (Lipinski definition) is 1. The van der Waals surface area contributed by atoms with Crippen LogP contribution < -0.4 is 5.73 Å². The first-order valence-corrected chi connectivity index (χ1v) is 6.15. The van der Waals surface area contributed by atoms with Crippen molar-refractivity contribution < 1.29 is 9.53 Å². The van der Waals surface area contributed by atoms with Crippen molar-refractivity contribution in [2.75, 3.05) is 20.2 Å². The van der Waals surface area contributed by atoms with E-state index in [1.54, 1.807) is 4.90 Å². The van der Waals surface area contributed by atoms with E-state index in [1.165, 1.54) is 7.11 Å². The molecule has 0 bridgehead atoms. The van der Waals surface area contributed by atoms with Gasteiger partial charge >= 0.3 is 6.09 Å². The first-order valence-electron chi connectivity index (χ1n) is 6.15. The fourth-order valence-corrected chi connectivity index (χ4v) is 2.65. The summed E-state index contributed by atoms with van der Waals surface area (Å²) in [6.45, 7) is 5.43. The number of rotatable bonds is 3. The molecule has 2 N–H and O–H groups in total. The predicted molar refractivity (Wildman–Crippen MR) is 64.2 cm³/mol. The van der Waals surface area contributed by atoms with Gasteiger partial charge in [0.1, 0.15) is 0 Å². The minimum atomic E-state index is -0.248. The second kappa shape index (κ2) is 5.53. The molecule has 1 aliphatic rings. The number of methoxy groups -OCH3 is 1. The molecule has 1 rings (SSSR count). The van der Waals surface area contributed by atoms with Gasteiger partial charge in [-0.15, -0.1) is 0 Å². The second-order valence-electron chi connectivity index (χ2n) is 4.83. The molecule has 0 aromatic carbocycles. The molecule has 1 saturated carbocycles. The van der Waals surface area contributed by atoms with E-state index in [1.807, 2.05) is 6.92 Å². The summed E-state index contributed by atoms with van der Waals surface area (Å²) in [5, 5.41) is 0. The maximum Gasteiger partial charge on any atom is 0.409 e. The van der Waals surface area contributed by atoms with Crippen LogP contribution in [0.5, 0.6) is 0 Å². The molecule has 0 aromatic heterocycles. The van der Waals surface area contributed by atoms with Crippen LogP contribution in [0.4, 0.5) is 4.79 Å². The first kappa shape index (κ1) is 13.3. The van der Waals surface area contributed by atoms with E-state index in [9.17, 15) is 4.79 Å². The highest BCUT2D eigenvalue weighted by atomic mass is 16.5. The van der Waals surface area contributed by atoms with Crippen molar-refractivity contribution in [1.29, 1.82) is 0 Å². The van der Waals surface area contributed by atoms with Gasteiger partial charge in [-0.1, -0.05) is 6.92 Å². The third-order valence-corrected chi connectivity index (χ3v) is 3.87. The van der Waals surface area contributed by atoms with Crippen LogP contribution in [0.3, 0.4) is 0 Å². The third-order valence-electron chi connectivity index (χ3n) is 3.87. The minimum absolute atomic E-state index is 0.172. The molecule has 0 aromatic rings. The Bertz CT molecular complexity index is 235. The minimum Gasteiger partial charge on any atom is -0.453 e. The molecule has 0 aliphatic heterocycles. The highest BCUT2D eigenvalue weighted by molar-refractivity contribution is 5.68. The quantitative estimate of drug-likeness (QED) is 0.803. The molecule has 0 heterocycles. The van der Waals surface area contributed by atoms with Crippen molar-refractivity contribution in [3.63, 3.8) is 0 Å². The summed E-state index contributed by atoms with van der Waals surface area (Å²) in [4.78, 5) is 13.5. The number of nitrogens with zero attached hydrogens (tertiary/aromatic N) is 1. The van der Waals surface area contributed by atoms with E-state index < -0.39 is 0 Å². The highest BCUT2D eigenvalue weighted by Crippen LogP contribution is 2.36. The van der Waals surface area contributed by atoms with Gasteiger partial charge in [-0.2, -0.15) is 0 Å². The lowest BCUT2D eigenvalue weighted by atomic mass is 9.76. The standard InChI is InChI=1S/C12H24N2O2/c1-4-14(11(15)16-3)12(9-13)7-5-10(2)6-8-12/h10H,4-9,13H2,1-3H3. The number of likely N-dealkylation sites (N-methyl/N-ethyl adjacent to an activating group) is 1. The Morgan fingerprint density at radius 3 is 2.44 bits per heavy atom. The zero-order valence-corrected chi connectivity index (χ0v) is 10.7. The summed E-state index contributed by atoms with van der Waals surface area (Å²) in [5.41, 5.74) is 5.73. The van der Waals surface area contributed by atoms with Gasteiger partial charge in [-0.3, -0.25) is 0 Å². The van der Waals surface area contributed by atoms with E-state index in [-0.39, 0.29) is 11.6 Å². The summed E-state index contributed by atoms with van der Waals surface area (Å²) in [5.74, 6) is 0.746. The average molecular weight is 228 g/mol. The molecule has 0 spiro atoms. The largest absolute Gasteiger partial charge is 0.453 e.